The molecule has 2 rings (SSSR count). The Morgan fingerprint density at radius 2 is 2.21 bits per heavy atom. The third kappa shape index (κ3) is 3.19. The molecule has 2 nitrogen and oxygen atoms in total. The minimum absolute atomic E-state index is 0.155. The van der Waals surface area contributed by atoms with E-state index in [1.807, 2.05) is 18.2 Å². The van der Waals surface area contributed by atoms with Crippen molar-refractivity contribution in [3.8, 4) is 5.75 Å². The molecule has 0 bridgehead atoms. The Kier molecular flexibility index (Phi) is 4.34. The third-order valence-corrected chi connectivity index (χ3v) is 5.04. The molecular formula is C16H21BrO2. The van der Waals surface area contributed by atoms with E-state index in [4.69, 9.17) is 4.74 Å². The van der Waals surface area contributed by atoms with Crippen LogP contribution < -0.4 is 4.74 Å². The highest BCUT2D eigenvalue weighted by molar-refractivity contribution is 9.10. The fourth-order valence-electron chi connectivity index (χ4n) is 3.05. The zero-order chi connectivity index (χ0) is 14.0. The van der Waals surface area contributed by atoms with Crippen LogP contribution in [0.25, 0.3) is 0 Å². The minimum Gasteiger partial charge on any atom is -0.497 e. The summed E-state index contributed by atoms with van der Waals surface area (Å²) in [6.45, 7) is 4.42. The van der Waals surface area contributed by atoms with Gasteiger partial charge in [0, 0.05) is 16.8 Å². The molecule has 1 aromatic carbocycles. The van der Waals surface area contributed by atoms with E-state index in [0.29, 0.717) is 12.2 Å². The van der Waals surface area contributed by atoms with Crippen LogP contribution in [0.4, 0.5) is 0 Å². The van der Waals surface area contributed by atoms with Crippen molar-refractivity contribution in [1.82, 2.24) is 0 Å². The summed E-state index contributed by atoms with van der Waals surface area (Å²) in [7, 11) is 1.65. The number of Topliss-reactive ketones (excluding diaryl/α,β-unsaturated/α-hetero) is 1. The highest BCUT2D eigenvalue weighted by atomic mass is 79.9. The number of hydrogen-bond donors (Lipinski definition) is 0. The van der Waals surface area contributed by atoms with Crippen molar-refractivity contribution in [2.24, 2.45) is 11.3 Å². The van der Waals surface area contributed by atoms with E-state index in [2.05, 4.69) is 29.8 Å². The number of methoxy groups -OCH3 is 1. The summed E-state index contributed by atoms with van der Waals surface area (Å²) in [5, 5.41) is 0. The highest BCUT2D eigenvalue weighted by Gasteiger charge is 2.38. The van der Waals surface area contributed by atoms with Crippen LogP contribution in [-0.4, -0.2) is 12.9 Å². The van der Waals surface area contributed by atoms with Crippen molar-refractivity contribution in [3.05, 3.63) is 28.2 Å². The lowest BCUT2D eigenvalue weighted by molar-refractivity contribution is -0.124. The molecule has 0 amide bonds. The molecule has 1 atom stereocenters. The second kappa shape index (κ2) is 5.66. The highest BCUT2D eigenvalue weighted by Crippen LogP contribution is 2.43. The fraction of sp³-hybridized carbons (Fsp3) is 0.562. The van der Waals surface area contributed by atoms with Gasteiger partial charge in [0.25, 0.3) is 0 Å². The van der Waals surface area contributed by atoms with E-state index in [1.54, 1.807) is 7.11 Å². The number of carbonyl (C=O) groups is 1. The predicted molar refractivity (Wildman–Crippen MR) is 80.5 cm³/mol. The van der Waals surface area contributed by atoms with Crippen LogP contribution in [0.3, 0.4) is 0 Å². The van der Waals surface area contributed by atoms with Crippen LogP contribution in [0.5, 0.6) is 5.75 Å². The van der Waals surface area contributed by atoms with E-state index in [-0.39, 0.29) is 11.3 Å². The number of hydrogen-bond acceptors (Lipinski definition) is 2. The van der Waals surface area contributed by atoms with E-state index < -0.39 is 0 Å². The third-order valence-electron chi connectivity index (χ3n) is 4.26. The average molecular weight is 325 g/mol. The molecule has 104 valence electrons. The first-order valence-corrected chi connectivity index (χ1v) is 7.58. The molecule has 1 aliphatic rings. The molecule has 1 aliphatic carbocycles. The van der Waals surface area contributed by atoms with Gasteiger partial charge in [-0.25, -0.2) is 0 Å². The van der Waals surface area contributed by atoms with Gasteiger partial charge in [-0.05, 0) is 42.0 Å². The summed E-state index contributed by atoms with van der Waals surface area (Å²) in [6.07, 6.45) is 3.85. The van der Waals surface area contributed by atoms with Gasteiger partial charge in [0.05, 0.1) is 7.11 Å². The Labute approximate surface area is 123 Å². The van der Waals surface area contributed by atoms with Crippen molar-refractivity contribution in [2.45, 2.75) is 39.5 Å². The van der Waals surface area contributed by atoms with Crippen molar-refractivity contribution < 1.29 is 9.53 Å². The molecular weight excluding hydrogens is 304 g/mol. The molecule has 19 heavy (non-hydrogen) atoms. The van der Waals surface area contributed by atoms with E-state index in [9.17, 15) is 4.79 Å². The van der Waals surface area contributed by atoms with Gasteiger partial charge >= 0.3 is 0 Å². The van der Waals surface area contributed by atoms with Crippen LogP contribution in [0.2, 0.25) is 0 Å². The Morgan fingerprint density at radius 1 is 1.47 bits per heavy atom. The molecule has 0 aromatic heterocycles. The molecule has 3 heteroatoms. The number of rotatable bonds is 4. The van der Waals surface area contributed by atoms with Crippen molar-refractivity contribution in [3.63, 3.8) is 0 Å². The normalized spacial score (nSPS) is 21.4. The topological polar surface area (TPSA) is 26.3 Å². The Balaban J connectivity index is 2.15. The monoisotopic (exact) mass is 324 g/mol. The molecule has 0 N–H and O–H groups in total. The van der Waals surface area contributed by atoms with Crippen LogP contribution >= 0.6 is 15.9 Å². The Hall–Kier alpha value is -0.830. The minimum atomic E-state index is 0.155. The van der Waals surface area contributed by atoms with Crippen LogP contribution in [0.1, 0.15) is 38.7 Å². The van der Waals surface area contributed by atoms with Gasteiger partial charge in [-0.3, -0.25) is 4.79 Å². The molecule has 0 spiro atoms. The lowest BCUT2D eigenvalue weighted by Crippen LogP contribution is -2.27. The van der Waals surface area contributed by atoms with Crippen LogP contribution in [-0.2, 0) is 11.2 Å². The SMILES string of the molecule is COc1ccc(Br)c(CC(=O)C2CCCC2(C)C)c1. The number of ether oxygens (including phenoxy) is 1. The van der Waals surface area contributed by atoms with Crippen molar-refractivity contribution >= 4 is 21.7 Å². The van der Waals surface area contributed by atoms with E-state index >= 15 is 0 Å². The van der Waals surface area contributed by atoms with Gasteiger partial charge in [0.2, 0.25) is 0 Å². The quantitative estimate of drug-likeness (QED) is 0.820. The molecule has 0 aliphatic heterocycles. The molecule has 1 saturated carbocycles. The zero-order valence-electron chi connectivity index (χ0n) is 11.8. The van der Waals surface area contributed by atoms with Crippen molar-refractivity contribution in [1.29, 1.82) is 0 Å². The van der Waals surface area contributed by atoms with E-state index in [0.717, 1.165) is 28.6 Å². The molecule has 0 saturated heterocycles. The summed E-state index contributed by atoms with van der Waals surface area (Å²) < 4.78 is 6.21. The largest absolute Gasteiger partial charge is 0.497 e. The predicted octanol–water partition coefficient (Wildman–Crippen LogP) is 4.40. The fourth-order valence-corrected chi connectivity index (χ4v) is 3.43. The second-order valence-electron chi connectivity index (χ2n) is 6.03. The van der Waals surface area contributed by atoms with Gasteiger partial charge in [0.15, 0.2) is 0 Å². The summed E-state index contributed by atoms with van der Waals surface area (Å²) in [4.78, 5) is 12.5. The number of ketones is 1. The Bertz CT molecular complexity index is 480. The average Bonchev–Trinajstić information content (AvgIpc) is 2.71. The van der Waals surface area contributed by atoms with Gasteiger partial charge in [0.1, 0.15) is 11.5 Å². The Morgan fingerprint density at radius 3 is 2.79 bits per heavy atom. The summed E-state index contributed by atoms with van der Waals surface area (Å²) in [5.74, 6) is 1.36. The maximum absolute atomic E-state index is 12.5. The van der Waals surface area contributed by atoms with Crippen LogP contribution in [0.15, 0.2) is 22.7 Å². The first-order chi connectivity index (χ1) is 8.94. The number of benzene rings is 1. The van der Waals surface area contributed by atoms with Crippen molar-refractivity contribution in [2.75, 3.05) is 7.11 Å². The maximum atomic E-state index is 12.5. The lowest BCUT2D eigenvalue weighted by Gasteiger charge is -2.25. The van der Waals surface area contributed by atoms with E-state index in [1.165, 1.54) is 6.42 Å². The first-order valence-electron chi connectivity index (χ1n) is 6.79. The lowest BCUT2D eigenvalue weighted by atomic mass is 9.78. The van der Waals surface area contributed by atoms with Gasteiger partial charge in [-0.1, -0.05) is 36.2 Å². The number of halogens is 1. The zero-order valence-corrected chi connectivity index (χ0v) is 13.4. The molecule has 1 aromatic rings. The first kappa shape index (κ1) is 14.6. The summed E-state index contributed by atoms with van der Waals surface area (Å²) >= 11 is 3.52. The number of carbonyl (C=O) groups excluding carboxylic acids is 1. The van der Waals surface area contributed by atoms with Gasteiger partial charge < -0.3 is 4.74 Å². The smallest absolute Gasteiger partial charge is 0.140 e. The molecule has 1 unspecified atom stereocenters. The second-order valence-corrected chi connectivity index (χ2v) is 6.89. The van der Waals surface area contributed by atoms with Gasteiger partial charge in [-0.2, -0.15) is 0 Å². The summed E-state index contributed by atoms with van der Waals surface area (Å²) in [6, 6.07) is 5.79. The van der Waals surface area contributed by atoms with Gasteiger partial charge in [-0.15, -0.1) is 0 Å². The standard InChI is InChI=1S/C16H21BrO2/c1-16(2)8-4-5-13(16)15(18)10-11-9-12(19-3)6-7-14(11)17/h6-7,9,13H,4-5,8,10H2,1-3H3. The molecule has 0 heterocycles. The summed E-state index contributed by atoms with van der Waals surface area (Å²) in [5.41, 5.74) is 1.18. The molecule has 0 radical (unpaired) electrons. The van der Waals surface area contributed by atoms with Crippen LogP contribution in [0, 0.1) is 11.3 Å². The maximum Gasteiger partial charge on any atom is 0.140 e. The molecule has 1 fully saturated rings.